The average molecular weight is 176 g/mol. The number of nitrogens with zero attached hydrogens (tertiary/aromatic N) is 1. The third kappa shape index (κ3) is 2.80. The molecule has 0 aromatic carbocycles. The zero-order valence-corrected chi connectivity index (χ0v) is 7.47. The van der Waals surface area contributed by atoms with Crippen LogP contribution in [0.2, 0.25) is 0 Å². The first-order valence-electron chi connectivity index (χ1n) is 3.14. The summed E-state index contributed by atoms with van der Waals surface area (Å²) < 4.78 is 0. The molecule has 0 bridgehead atoms. The number of hydrogen-bond acceptors (Lipinski definition) is 3. The molecular formula is C6H12N2O2S. The number of hydrogen-bond donors (Lipinski definition) is 2. The van der Waals surface area contributed by atoms with Crippen molar-refractivity contribution in [2.45, 2.75) is 13.0 Å². The summed E-state index contributed by atoms with van der Waals surface area (Å²) in [5, 5.41) is 0. The molecule has 2 amide bonds. The fraction of sp³-hybridized carbons (Fsp3) is 0.667. The largest absolute Gasteiger partial charge is 0.368 e. The molecule has 5 heteroatoms. The second kappa shape index (κ2) is 4.23. The Balaban J connectivity index is 4.25. The quantitative estimate of drug-likeness (QED) is 0.556. The van der Waals surface area contributed by atoms with Crippen LogP contribution in [0.25, 0.3) is 0 Å². The fourth-order valence-corrected chi connectivity index (χ4v) is 1.05. The molecule has 0 fully saturated rings. The number of rotatable bonds is 3. The highest BCUT2D eigenvalue weighted by Crippen LogP contribution is 1.98. The molecule has 0 aliphatic carbocycles. The van der Waals surface area contributed by atoms with Crippen molar-refractivity contribution in [1.29, 1.82) is 0 Å². The third-order valence-corrected chi connectivity index (χ3v) is 1.81. The van der Waals surface area contributed by atoms with Gasteiger partial charge in [-0.1, -0.05) is 0 Å². The van der Waals surface area contributed by atoms with E-state index in [1.54, 1.807) is 0 Å². The molecule has 1 atom stereocenters. The van der Waals surface area contributed by atoms with Crippen LogP contribution >= 0.6 is 12.6 Å². The lowest BCUT2D eigenvalue weighted by atomic mass is 10.3. The number of carbonyl (C=O) groups excluding carboxylic acids is 2. The fourth-order valence-electron chi connectivity index (χ4n) is 0.623. The summed E-state index contributed by atoms with van der Waals surface area (Å²) in [6.07, 6.45) is 0. The zero-order valence-electron chi connectivity index (χ0n) is 6.57. The number of thiol groups is 1. The van der Waals surface area contributed by atoms with E-state index in [1.807, 2.05) is 0 Å². The zero-order chi connectivity index (χ0) is 9.02. The second-order valence-electron chi connectivity index (χ2n) is 2.23. The first-order chi connectivity index (χ1) is 5.00. The lowest BCUT2D eigenvalue weighted by Crippen LogP contribution is -2.46. The molecular weight excluding hydrogens is 164 g/mol. The van der Waals surface area contributed by atoms with Crippen LogP contribution in [0.1, 0.15) is 6.92 Å². The van der Waals surface area contributed by atoms with Crippen molar-refractivity contribution in [3.8, 4) is 0 Å². The molecule has 0 saturated heterocycles. The topological polar surface area (TPSA) is 63.4 Å². The molecule has 1 unspecified atom stereocenters. The minimum atomic E-state index is -0.601. The maximum absolute atomic E-state index is 10.7. The summed E-state index contributed by atoms with van der Waals surface area (Å²) in [6.45, 7) is 1.37. The van der Waals surface area contributed by atoms with Crippen molar-refractivity contribution in [2.24, 2.45) is 5.73 Å². The van der Waals surface area contributed by atoms with E-state index >= 15 is 0 Å². The van der Waals surface area contributed by atoms with Crippen LogP contribution in [-0.4, -0.2) is 35.6 Å². The molecule has 4 nitrogen and oxygen atoms in total. The van der Waals surface area contributed by atoms with Gasteiger partial charge in [-0.25, -0.2) is 0 Å². The van der Waals surface area contributed by atoms with Crippen molar-refractivity contribution in [1.82, 2.24) is 4.90 Å². The molecule has 0 heterocycles. The summed E-state index contributed by atoms with van der Waals surface area (Å²) >= 11 is 3.89. The molecule has 64 valence electrons. The molecule has 0 spiro atoms. The van der Waals surface area contributed by atoms with Gasteiger partial charge in [0.15, 0.2) is 0 Å². The number of nitrogens with two attached hydrogens (primary N) is 1. The SMILES string of the molecule is CC(=O)N(C)C(CS)C(N)=O. The molecule has 0 radical (unpaired) electrons. The summed E-state index contributed by atoms with van der Waals surface area (Å²) in [5.41, 5.74) is 5.00. The Morgan fingerprint density at radius 1 is 1.64 bits per heavy atom. The van der Waals surface area contributed by atoms with E-state index in [0.717, 1.165) is 0 Å². The van der Waals surface area contributed by atoms with E-state index in [-0.39, 0.29) is 11.7 Å². The molecule has 0 aromatic rings. The monoisotopic (exact) mass is 176 g/mol. The molecule has 0 aliphatic rings. The van der Waals surface area contributed by atoms with Gasteiger partial charge in [0, 0.05) is 19.7 Å². The molecule has 0 aromatic heterocycles. The number of amides is 2. The molecule has 0 rings (SSSR count). The smallest absolute Gasteiger partial charge is 0.241 e. The minimum absolute atomic E-state index is 0.192. The van der Waals surface area contributed by atoms with Crippen LogP contribution in [0.5, 0.6) is 0 Å². The predicted molar refractivity (Wildman–Crippen MR) is 45.3 cm³/mol. The summed E-state index contributed by atoms with van der Waals surface area (Å²) in [4.78, 5) is 22.7. The van der Waals surface area contributed by atoms with Crippen LogP contribution in [-0.2, 0) is 9.59 Å². The van der Waals surface area contributed by atoms with Crippen LogP contribution in [0.15, 0.2) is 0 Å². The van der Waals surface area contributed by atoms with Crippen molar-refractivity contribution in [3.05, 3.63) is 0 Å². The lowest BCUT2D eigenvalue weighted by molar-refractivity contribution is -0.135. The highest BCUT2D eigenvalue weighted by atomic mass is 32.1. The van der Waals surface area contributed by atoms with Crippen LogP contribution in [0.4, 0.5) is 0 Å². The van der Waals surface area contributed by atoms with E-state index in [9.17, 15) is 9.59 Å². The maximum Gasteiger partial charge on any atom is 0.241 e. The van der Waals surface area contributed by atoms with Crippen molar-refractivity contribution in [2.75, 3.05) is 12.8 Å². The highest BCUT2D eigenvalue weighted by molar-refractivity contribution is 7.80. The maximum atomic E-state index is 10.7. The van der Waals surface area contributed by atoms with Gasteiger partial charge in [-0.3, -0.25) is 9.59 Å². The number of carbonyl (C=O) groups is 2. The van der Waals surface area contributed by atoms with Gasteiger partial charge in [0.25, 0.3) is 0 Å². The molecule has 0 aliphatic heterocycles. The van der Waals surface area contributed by atoms with E-state index in [0.29, 0.717) is 0 Å². The predicted octanol–water partition coefficient (Wildman–Crippen LogP) is -0.752. The Labute approximate surface area is 71.1 Å². The van der Waals surface area contributed by atoms with Crippen LogP contribution < -0.4 is 5.73 Å². The standard InChI is InChI=1S/C6H12N2O2S/c1-4(9)8(2)5(3-11)6(7)10/h5,11H,3H2,1-2H3,(H2,7,10). The van der Waals surface area contributed by atoms with Crippen LogP contribution in [0, 0.1) is 0 Å². The summed E-state index contributed by atoms with van der Waals surface area (Å²) in [6, 6.07) is -0.601. The Kier molecular flexibility index (Phi) is 3.95. The van der Waals surface area contributed by atoms with Crippen LogP contribution in [0.3, 0.4) is 0 Å². The lowest BCUT2D eigenvalue weighted by Gasteiger charge is -2.22. The van der Waals surface area contributed by atoms with E-state index in [1.165, 1.54) is 18.9 Å². The van der Waals surface area contributed by atoms with E-state index < -0.39 is 11.9 Å². The Hall–Kier alpha value is -0.710. The first kappa shape index (κ1) is 10.3. The summed E-state index contributed by atoms with van der Waals surface area (Å²) in [7, 11) is 1.52. The van der Waals surface area contributed by atoms with Gasteiger partial charge in [0.2, 0.25) is 11.8 Å². The van der Waals surface area contributed by atoms with E-state index in [2.05, 4.69) is 12.6 Å². The molecule has 2 N–H and O–H groups in total. The van der Waals surface area contributed by atoms with E-state index in [4.69, 9.17) is 5.73 Å². The average Bonchev–Trinajstić information content (AvgIpc) is 1.88. The third-order valence-electron chi connectivity index (χ3n) is 1.47. The van der Waals surface area contributed by atoms with Crippen molar-refractivity contribution in [3.63, 3.8) is 0 Å². The Morgan fingerprint density at radius 3 is 2.18 bits per heavy atom. The van der Waals surface area contributed by atoms with Gasteiger partial charge in [-0.15, -0.1) is 0 Å². The van der Waals surface area contributed by atoms with Gasteiger partial charge < -0.3 is 10.6 Å². The highest BCUT2D eigenvalue weighted by Gasteiger charge is 2.20. The van der Waals surface area contributed by atoms with Gasteiger partial charge >= 0.3 is 0 Å². The Bertz CT molecular complexity index is 172. The van der Waals surface area contributed by atoms with Gasteiger partial charge in [0.1, 0.15) is 6.04 Å². The van der Waals surface area contributed by atoms with Gasteiger partial charge in [-0.05, 0) is 0 Å². The Morgan fingerprint density at radius 2 is 2.09 bits per heavy atom. The van der Waals surface area contributed by atoms with Gasteiger partial charge in [-0.2, -0.15) is 12.6 Å². The molecule has 0 saturated carbocycles. The first-order valence-corrected chi connectivity index (χ1v) is 3.77. The number of likely N-dealkylation sites (N-methyl/N-ethyl adjacent to an activating group) is 1. The normalized spacial score (nSPS) is 12.3. The summed E-state index contributed by atoms with van der Waals surface area (Å²) in [5.74, 6) is -0.466. The second-order valence-corrected chi connectivity index (χ2v) is 2.60. The number of primary amides is 1. The molecule has 11 heavy (non-hydrogen) atoms. The van der Waals surface area contributed by atoms with Gasteiger partial charge in [0.05, 0.1) is 0 Å². The van der Waals surface area contributed by atoms with Crippen molar-refractivity contribution < 1.29 is 9.59 Å². The van der Waals surface area contributed by atoms with Crippen molar-refractivity contribution >= 4 is 24.4 Å². The minimum Gasteiger partial charge on any atom is -0.368 e.